The number of aliphatic hydroxyl groups is 1. The van der Waals surface area contributed by atoms with Crippen LogP contribution in [-0.4, -0.2) is 30.4 Å². The third-order valence-corrected chi connectivity index (χ3v) is 12.5. The number of hydrogen-bond acceptors (Lipinski definition) is 8. The van der Waals surface area contributed by atoms with Crippen LogP contribution in [0.2, 0.25) is 0 Å². The van der Waals surface area contributed by atoms with Gasteiger partial charge in [0.05, 0.1) is 23.7 Å². The maximum Gasteiger partial charge on any atom is 0.256 e. The Bertz CT molecular complexity index is 2460. The van der Waals surface area contributed by atoms with Crippen LogP contribution >= 0.6 is 11.8 Å². The number of hydrogen-bond donors (Lipinski definition) is 2. The summed E-state index contributed by atoms with van der Waals surface area (Å²) in [5, 5.41) is 10.3. The zero-order valence-electron chi connectivity index (χ0n) is 31.3. The molecule has 2 N–H and O–H groups in total. The minimum absolute atomic E-state index is 0.0364. The predicted molar refractivity (Wildman–Crippen MR) is 223 cm³/mol. The Labute approximate surface area is 337 Å². The minimum atomic E-state index is -3.66. The molecule has 6 aromatic carbocycles. The number of oxazole rings is 1. The Hall–Kier alpha value is -5.33. The third-order valence-electron chi connectivity index (χ3n) is 10.1. The fraction of sp³-hybridized carbons (Fsp3) is 0.170. The molecule has 0 saturated carbocycles. The van der Waals surface area contributed by atoms with Crippen molar-refractivity contribution in [3.63, 3.8) is 0 Å². The van der Waals surface area contributed by atoms with Gasteiger partial charge in [0.25, 0.3) is 5.22 Å². The summed E-state index contributed by atoms with van der Waals surface area (Å²) in [6.45, 7) is 2.25. The quantitative estimate of drug-likeness (QED) is 0.111. The molecule has 8 nitrogen and oxygen atoms in total. The number of ether oxygens (including phenoxy) is 2. The molecule has 1 fully saturated rings. The SMILES string of the molecule is C[C@@H]1[C@H](CSc2nc(-c3ccccc3)c(-c3ccccc3)o2)O[C@H](c2cccc(-c3cccc(CNS(=O)(=O)c4ccccc4)c3)c2)O[C@@H]1c1ccc(CO)cc1. The summed E-state index contributed by atoms with van der Waals surface area (Å²) in [7, 11) is -3.66. The van der Waals surface area contributed by atoms with Gasteiger partial charge in [-0.15, -0.1) is 0 Å². The molecule has 0 spiro atoms. The van der Waals surface area contributed by atoms with Gasteiger partial charge in [-0.2, -0.15) is 0 Å². The number of nitrogens with one attached hydrogen (secondary N) is 1. The van der Waals surface area contributed by atoms with E-state index in [1.807, 2.05) is 127 Å². The van der Waals surface area contributed by atoms with E-state index in [9.17, 15) is 13.5 Å². The van der Waals surface area contributed by atoms with Crippen LogP contribution in [0.1, 0.15) is 41.6 Å². The van der Waals surface area contributed by atoms with Gasteiger partial charge in [-0.3, -0.25) is 0 Å². The second-order valence-corrected chi connectivity index (χ2v) is 16.7. The highest BCUT2D eigenvalue weighted by atomic mass is 32.2. The average molecular weight is 795 g/mol. The lowest BCUT2D eigenvalue weighted by molar-refractivity contribution is -0.268. The Morgan fingerprint density at radius 2 is 1.30 bits per heavy atom. The van der Waals surface area contributed by atoms with E-state index in [2.05, 4.69) is 17.7 Å². The fourth-order valence-electron chi connectivity index (χ4n) is 6.99. The van der Waals surface area contributed by atoms with Crippen molar-refractivity contribution in [1.29, 1.82) is 0 Å². The van der Waals surface area contributed by atoms with Crippen LogP contribution in [0.25, 0.3) is 33.7 Å². The van der Waals surface area contributed by atoms with Gasteiger partial charge in [0.15, 0.2) is 12.1 Å². The van der Waals surface area contributed by atoms with Crippen LogP contribution in [0.15, 0.2) is 178 Å². The molecule has 2 heterocycles. The summed E-state index contributed by atoms with van der Waals surface area (Å²) in [5.41, 5.74) is 8.13. The Balaban J connectivity index is 1.05. The number of benzene rings is 6. The first kappa shape index (κ1) is 38.5. The average Bonchev–Trinajstić information content (AvgIpc) is 3.71. The van der Waals surface area contributed by atoms with Crippen molar-refractivity contribution in [1.82, 2.24) is 9.71 Å². The molecule has 1 aliphatic heterocycles. The zero-order valence-corrected chi connectivity index (χ0v) is 32.9. The molecule has 0 radical (unpaired) electrons. The largest absolute Gasteiger partial charge is 0.431 e. The first-order valence-electron chi connectivity index (χ1n) is 18.8. The normalized spacial score (nSPS) is 18.4. The molecule has 0 bridgehead atoms. The van der Waals surface area contributed by atoms with E-state index in [4.69, 9.17) is 18.9 Å². The molecular formula is C47H42N2O6S2. The summed E-state index contributed by atoms with van der Waals surface area (Å²) < 4.78 is 48.6. The highest BCUT2D eigenvalue weighted by molar-refractivity contribution is 7.99. The molecule has 1 saturated heterocycles. The van der Waals surface area contributed by atoms with Crippen LogP contribution in [0.4, 0.5) is 0 Å². The topological polar surface area (TPSA) is 111 Å². The second-order valence-electron chi connectivity index (χ2n) is 14.0. The molecule has 0 amide bonds. The third kappa shape index (κ3) is 8.97. The van der Waals surface area contributed by atoms with Crippen molar-refractivity contribution in [3.05, 3.63) is 186 Å². The number of aromatic nitrogens is 1. The number of nitrogens with zero attached hydrogens (tertiary/aromatic N) is 1. The van der Waals surface area contributed by atoms with Crippen LogP contribution in [0, 0.1) is 5.92 Å². The van der Waals surface area contributed by atoms with Gasteiger partial charge in [-0.25, -0.2) is 18.1 Å². The maximum atomic E-state index is 12.9. The standard InChI is InChI=1S/C47H42N2O6S2/c1-32-42(31-56-47-49-43(35-14-5-2-6-15-35)45(55-47)36-16-7-3-8-17-36)53-46(54-44(32)37-25-23-33(30-50)24-26-37)40-20-12-19-39(28-40)38-18-11-13-34(27-38)29-48-57(51,52)41-21-9-4-10-22-41/h2-28,32,42,44,46,48,50H,29-31H2,1H3/t32-,42+,44+,46+/m1/s1. The van der Waals surface area contributed by atoms with Crippen LogP contribution in [-0.2, 0) is 32.6 Å². The van der Waals surface area contributed by atoms with Crippen molar-refractivity contribution in [2.24, 2.45) is 5.92 Å². The number of sulfonamides is 1. The lowest BCUT2D eigenvalue weighted by Gasteiger charge is -2.41. The summed E-state index contributed by atoms with van der Waals surface area (Å²) in [4.78, 5) is 5.21. The van der Waals surface area contributed by atoms with Gasteiger partial charge in [0.2, 0.25) is 10.0 Å². The molecule has 1 aromatic heterocycles. The summed E-state index contributed by atoms with van der Waals surface area (Å²) in [6.07, 6.45) is -1.22. The lowest BCUT2D eigenvalue weighted by atomic mass is 9.91. The zero-order chi connectivity index (χ0) is 39.2. The molecule has 7 aromatic rings. The van der Waals surface area contributed by atoms with Gasteiger partial charge in [0, 0.05) is 34.9 Å². The van der Waals surface area contributed by atoms with E-state index >= 15 is 0 Å². The fourth-order valence-corrected chi connectivity index (χ4v) is 9.02. The molecule has 57 heavy (non-hydrogen) atoms. The van der Waals surface area contributed by atoms with E-state index in [0.29, 0.717) is 11.0 Å². The van der Waals surface area contributed by atoms with Gasteiger partial charge >= 0.3 is 0 Å². The van der Waals surface area contributed by atoms with Crippen molar-refractivity contribution in [2.75, 3.05) is 5.75 Å². The predicted octanol–water partition coefficient (Wildman–Crippen LogP) is 10.2. The number of aliphatic hydroxyl groups excluding tert-OH is 1. The molecule has 8 rings (SSSR count). The minimum Gasteiger partial charge on any atom is -0.431 e. The van der Waals surface area contributed by atoms with Crippen LogP contribution < -0.4 is 4.72 Å². The number of rotatable bonds is 13. The van der Waals surface area contributed by atoms with Crippen molar-refractivity contribution in [2.45, 2.75) is 48.7 Å². The van der Waals surface area contributed by atoms with Gasteiger partial charge in [-0.1, -0.05) is 158 Å². The Kier molecular flexibility index (Phi) is 11.8. The highest BCUT2D eigenvalue weighted by Crippen LogP contribution is 2.44. The first-order valence-corrected chi connectivity index (χ1v) is 21.3. The Morgan fingerprint density at radius 3 is 2.00 bits per heavy atom. The van der Waals surface area contributed by atoms with Crippen molar-refractivity contribution in [3.8, 4) is 33.7 Å². The molecule has 4 atom stereocenters. The van der Waals surface area contributed by atoms with Gasteiger partial charge in [0.1, 0.15) is 5.69 Å². The first-order chi connectivity index (χ1) is 27.8. The van der Waals surface area contributed by atoms with Crippen LogP contribution in [0.5, 0.6) is 0 Å². The Morgan fingerprint density at radius 1 is 0.667 bits per heavy atom. The maximum absolute atomic E-state index is 12.9. The monoisotopic (exact) mass is 794 g/mol. The second kappa shape index (κ2) is 17.4. The summed E-state index contributed by atoms with van der Waals surface area (Å²) in [5.74, 6) is 1.25. The molecule has 1 aliphatic rings. The van der Waals surface area contributed by atoms with E-state index in [1.54, 1.807) is 30.3 Å². The van der Waals surface area contributed by atoms with Gasteiger partial charge < -0.3 is 19.0 Å². The smallest absolute Gasteiger partial charge is 0.256 e. The van der Waals surface area contributed by atoms with Gasteiger partial charge in [-0.05, 0) is 52.1 Å². The van der Waals surface area contributed by atoms with Crippen LogP contribution in [0.3, 0.4) is 0 Å². The van der Waals surface area contributed by atoms with Crippen molar-refractivity contribution < 1.29 is 27.4 Å². The molecule has 10 heteroatoms. The highest BCUT2D eigenvalue weighted by Gasteiger charge is 2.39. The van der Waals surface area contributed by atoms with E-state index in [-0.39, 0.29) is 36.2 Å². The molecule has 0 aliphatic carbocycles. The number of thioether (sulfide) groups is 1. The summed E-state index contributed by atoms with van der Waals surface area (Å²) in [6, 6.07) is 52.2. The molecule has 0 unspecified atom stereocenters. The summed E-state index contributed by atoms with van der Waals surface area (Å²) >= 11 is 1.52. The molecule has 288 valence electrons. The molecular weight excluding hydrogens is 753 g/mol. The van der Waals surface area contributed by atoms with E-state index < -0.39 is 16.3 Å². The lowest BCUT2D eigenvalue weighted by Crippen LogP contribution is -2.38. The van der Waals surface area contributed by atoms with E-state index in [0.717, 1.165) is 56.0 Å². The van der Waals surface area contributed by atoms with E-state index in [1.165, 1.54) is 11.8 Å². The van der Waals surface area contributed by atoms with Crippen molar-refractivity contribution >= 4 is 21.8 Å².